The molecule has 2 N–H and O–H groups in total. The van der Waals surface area contributed by atoms with Crippen LogP contribution in [0.15, 0.2) is 93.3 Å². The van der Waals surface area contributed by atoms with E-state index in [2.05, 4.69) is 43.4 Å². The second-order valence-electron chi connectivity index (χ2n) is 8.84. The van der Waals surface area contributed by atoms with Crippen molar-refractivity contribution in [3.8, 4) is 23.0 Å². The lowest BCUT2D eigenvalue weighted by atomic mass is 9.81. The largest absolute Gasteiger partial charge is 0.462 e. The van der Waals surface area contributed by atoms with Crippen LogP contribution < -0.4 is 15.2 Å². The maximum Gasteiger partial charge on any atom is 0.283 e. The molecule has 9 heteroatoms. The lowest BCUT2D eigenvalue weighted by Crippen LogP contribution is -2.31. The summed E-state index contributed by atoms with van der Waals surface area (Å²) in [5.41, 5.74) is 9.71. The first-order chi connectivity index (χ1) is 18.2. The Kier molecular flexibility index (Phi) is 6.43. The lowest BCUT2D eigenvalue weighted by Gasteiger charge is -2.33. The van der Waals surface area contributed by atoms with Crippen molar-refractivity contribution in [1.29, 1.82) is 0 Å². The first-order valence-corrected chi connectivity index (χ1v) is 13.8. The average molecular weight is 673 g/mol. The van der Waals surface area contributed by atoms with Gasteiger partial charge in [0, 0.05) is 41.2 Å². The van der Waals surface area contributed by atoms with E-state index in [4.69, 9.17) is 43.1 Å². The number of nitrogens with zero attached hydrogens (tertiary/aromatic N) is 1. The van der Waals surface area contributed by atoms with E-state index in [0.29, 0.717) is 16.7 Å². The highest BCUT2D eigenvalue weighted by Gasteiger charge is 2.47. The van der Waals surface area contributed by atoms with Crippen molar-refractivity contribution >= 4 is 66.7 Å². The van der Waals surface area contributed by atoms with Crippen molar-refractivity contribution in [3.63, 3.8) is 0 Å². The fourth-order valence-electron chi connectivity index (χ4n) is 4.72. The summed E-state index contributed by atoms with van der Waals surface area (Å²) in [6.07, 6.45) is 0. The summed E-state index contributed by atoms with van der Waals surface area (Å²) in [5.74, 6) is 3.09. The molecule has 0 saturated heterocycles. The maximum atomic E-state index is 6.15. The fourth-order valence-corrected chi connectivity index (χ4v) is 5.78. The van der Waals surface area contributed by atoms with E-state index in [1.165, 1.54) is 0 Å². The molecule has 0 amide bonds. The molecule has 3 aliphatic heterocycles. The standard InChI is InChI=1S/C15H10BrClN2O2.C14H8BrClO/c16-8-1-3-12-10(5-8)15(7-20-14(18)19-15)11-6-9(17)2-4-13(11)21-12;1-8-11-6-9(15)2-4-13(11)17-14-5-3-10(16)7-12(8)14/h1-6H,7H2,(H2,18,19);2-7H,1H2. The Bertz CT molecular complexity index is 1570. The third-order valence-corrected chi connectivity index (χ3v) is 7.93. The number of halogens is 4. The number of amidine groups is 1. The van der Waals surface area contributed by atoms with Crippen LogP contribution >= 0.6 is 55.1 Å². The van der Waals surface area contributed by atoms with Crippen LogP contribution in [-0.4, -0.2) is 12.6 Å². The van der Waals surface area contributed by atoms with Crippen LogP contribution in [0.2, 0.25) is 10.0 Å². The summed E-state index contributed by atoms with van der Waals surface area (Å²) in [7, 11) is 0. The molecule has 7 rings (SSSR count). The van der Waals surface area contributed by atoms with E-state index >= 15 is 0 Å². The van der Waals surface area contributed by atoms with E-state index < -0.39 is 5.54 Å². The minimum atomic E-state index is -0.707. The zero-order valence-corrected chi connectivity index (χ0v) is 24.3. The Morgan fingerprint density at radius 3 is 1.95 bits per heavy atom. The van der Waals surface area contributed by atoms with Gasteiger partial charge in [-0.1, -0.05) is 61.6 Å². The second-order valence-corrected chi connectivity index (χ2v) is 11.5. The minimum Gasteiger partial charge on any atom is -0.462 e. The topological polar surface area (TPSA) is 66.1 Å². The van der Waals surface area contributed by atoms with Gasteiger partial charge in [-0.2, -0.15) is 0 Å². The number of ether oxygens (including phenoxy) is 3. The van der Waals surface area contributed by atoms with E-state index in [1.807, 2.05) is 66.7 Å². The Hall–Kier alpha value is -2.97. The van der Waals surface area contributed by atoms with Crippen LogP contribution in [0.5, 0.6) is 23.0 Å². The third kappa shape index (κ3) is 4.37. The maximum absolute atomic E-state index is 6.15. The number of aliphatic imine (C=N–C) groups is 1. The predicted molar refractivity (Wildman–Crippen MR) is 158 cm³/mol. The van der Waals surface area contributed by atoms with Gasteiger partial charge in [0.05, 0.1) is 0 Å². The zero-order chi connectivity index (χ0) is 26.6. The molecule has 0 saturated carbocycles. The van der Waals surface area contributed by atoms with Crippen LogP contribution in [0.3, 0.4) is 0 Å². The van der Waals surface area contributed by atoms with Gasteiger partial charge < -0.3 is 19.9 Å². The third-order valence-electron chi connectivity index (χ3n) is 6.48. The second kappa shape index (κ2) is 9.65. The molecule has 38 heavy (non-hydrogen) atoms. The molecule has 0 bridgehead atoms. The normalized spacial score (nSPS) is 17.9. The molecule has 1 unspecified atom stereocenters. The van der Waals surface area contributed by atoms with E-state index in [-0.39, 0.29) is 6.02 Å². The number of fused-ring (bicyclic) bond motifs is 6. The van der Waals surface area contributed by atoms with Crippen molar-refractivity contribution in [3.05, 3.63) is 121 Å². The monoisotopic (exact) mass is 670 g/mol. The lowest BCUT2D eigenvalue weighted by molar-refractivity contribution is 0.264. The quantitative estimate of drug-likeness (QED) is 0.178. The van der Waals surface area contributed by atoms with Crippen molar-refractivity contribution in [2.24, 2.45) is 10.7 Å². The SMILES string of the molecule is C=C1c2cc(Cl)ccc2Oc2ccc(Br)cc21.NC1=NC2(CO1)c1cc(Cl)ccc1Oc1ccc(Br)cc12. The molecule has 0 aliphatic carbocycles. The van der Waals surface area contributed by atoms with E-state index in [9.17, 15) is 0 Å². The van der Waals surface area contributed by atoms with Gasteiger partial charge in [-0.3, -0.25) is 0 Å². The highest BCUT2D eigenvalue weighted by atomic mass is 79.9. The van der Waals surface area contributed by atoms with E-state index in [1.54, 1.807) is 6.07 Å². The summed E-state index contributed by atoms with van der Waals surface area (Å²) in [4.78, 5) is 4.56. The van der Waals surface area contributed by atoms with Crippen LogP contribution in [0, 0.1) is 0 Å². The van der Waals surface area contributed by atoms with Crippen molar-refractivity contribution < 1.29 is 14.2 Å². The predicted octanol–water partition coefficient (Wildman–Crippen LogP) is 9.07. The molecule has 3 aliphatic rings. The van der Waals surface area contributed by atoms with Gasteiger partial charge in [0.1, 0.15) is 29.6 Å². The van der Waals surface area contributed by atoms with Gasteiger partial charge in [-0.15, -0.1) is 0 Å². The van der Waals surface area contributed by atoms with E-state index in [0.717, 1.165) is 59.8 Å². The zero-order valence-electron chi connectivity index (χ0n) is 19.6. The number of hydrogen-bond acceptors (Lipinski definition) is 5. The molecule has 1 atom stereocenters. The average Bonchev–Trinajstić information content (AvgIpc) is 3.29. The summed E-state index contributed by atoms with van der Waals surface area (Å²) >= 11 is 19.1. The number of hydrogen-bond donors (Lipinski definition) is 1. The summed E-state index contributed by atoms with van der Waals surface area (Å²) in [5, 5.41) is 1.31. The molecule has 190 valence electrons. The Morgan fingerprint density at radius 1 is 0.737 bits per heavy atom. The van der Waals surface area contributed by atoms with Crippen molar-refractivity contribution in [1.82, 2.24) is 0 Å². The Labute approximate surface area is 246 Å². The number of benzene rings is 4. The molecule has 4 aromatic carbocycles. The molecular weight excluding hydrogens is 655 g/mol. The fraction of sp³-hybridized carbons (Fsp3) is 0.0690. The molecule has 0 radical (unpaired) electrons. The Morgan fingerprint density at radius 2 is 1.26 bits per heavy atom. The first kappa shape index (κ1) is 25.3. The smallest absolute Gasteiger partial charge is 0.283 e. The van der Waals surface area contributed by atoms with Crippen LogP contribution in [0.25, 0.3) is 5.57 Å². The summed E-state index contributed by atoms with van der Waals surface area (Å²) in [6, 6.07) is 22.9. The number of nitrogens with two attached hydrogens (primary N) is 1. The van der Waals surface area contributed by atoms with Gasteiger partial charge in [-0.05, 0) is 78.4 Å². The summed E-state index contributed by atoms with van der Waals surface area (Å²) < 4.78 is 19.2. The Balaban J connectivity index is 0.000000142. The van der Waals surface area contributed by atoms with Crippen molar-refractivity contribution in [2.75, 3.05) is 6.61 Å². The molecule has 1 spiro atoms. The molecule has 4 aromatic rings. The van der Waals surface area contributed by atoms with Gasteiger partial charge in [-0.25, -0.2) is 4.99 Å². The van der Waals surface area contributed by atoms with Crippen LogP contribution in [0.1, 0.15) is 22.3 Å². The van der Waals surface area contributed by atoms with Gasteiger partial charge >= 0.3 is 0 Å². The minimum absolute atomic E-state index is 0.175. The molecule has 5 nitrogen and oxygen atoms in total. The molecule has 3 heterocycles. The van der Waals surface area contributed by atoms with Crippen molar-refractivity contribution in [2.45, 2.75) is 5.54 Å². The highest BCUT2D eigenvalue weighted by molar-refractivity contribution is 9.10. The molecule has 0 fully saturated rings. The van der Waals surface area contributed by atoms with Gasteiger partial charge in [0.2, 0.25) is 0 Å². The number of rotatable bonds is 0. The first-order valence-electron chi connectivity index (χ1n) is 11.5. The summed E-state index contributed by atoms with van der Waals surface area (Å²) in [6.45, 7) is 4.45. The van der Waals surface area contributed by atoms with Crippen LogP contribution in [0.4, 0.5) is 0 Å². The van der Waals surface area contributed by atoms with Crippen LogP contribution in [-0.2, 0) is 10.3 Å². The molecule has 0 aromatic heterocycles. The molecular formula is C29H18Br2Cl2N2O3. The van der Waals surface area contributed by atoms with Gasteiger partial charge in [0.25, 0.3) is 6.02 Å². The van der Waals surface area contributed by atoms with Gasteiger partial charge in [0.15, 0.2) is 5.54 Å². The highest BCUT2D eigenvalue weighted by Crippen LogP contribution is 2.52.